The summed E-state index contributed by atoms with van der Waals surface area (Å²) in [7, 11) is 7.04. The van der Waals surface area contributed by atoms with Gasteiger partial charge in [0.25, 0.3) is 5.91 Å². The number of carbonyl (C=O) groups excluding carboxylic acids is 1. The Balaban J connectivity index is 1.84. The summed E-state index contributed by atoms with van der Waals surface area (Å²) in [4.78, 5) is 17.3. The van der Waals surface area contributed by atoms with Crippen LogP contribution in [0.4, 0.5) is 0 Å². The maximum atomic E-state index is 11.6. The molecule has 140 valence electrons. The van der Waals surface area contributed by atoms with E-state index in [0.717, 1.165) is 11.3 Å². The van der Waals surface area contributed by atoms with Gasteiger partial charge in [-0.1, -0.05) is 12.1 Å². The SMILES string of the molecule is CN=C(NCc1cccc(OCC(=O)N(C)C)c1)NCc1ccnn1C. The van der Waals surface area contributed by atoms with Gasteiger partial charge in [0.05, 0.1) is 12.2 Å². The van der Waals surface area contributed by atoms with E-state index in [1.54, 1.807) is 27.3 Å². The number of benzene rings is 1. The van der Waals surface area contributed by atoms with Gasteiger partial charge in [-0.15, -0.1) is 0 Å². The van der Waals surface area contributed by atoms with Gasteiger partial charge in [-0.25, -0.2) is 0 Å². The molecule has 1 aromatic heterocycles. The highest BCUT2D eigenvalue weighted by Gasteiger charge is 2.06. The number of hydrogen-bond acceptors (Lipinski definition) is 4. The highest BCUT2D eigenvalue weighted by molar-refractivity contribution is 5.79. The van der Waals surface area contributed by atoms with Crippen molar-refractivity contribution in [2.75, 3.05) is 27.7 Å². The van der Waals surface area contributed by atoms with Crippen molar-refractivity contribution >= 4 is 11.9 Å². The molecule has 8 nitrogen and oxygen atoms in total. The van der Waals surface area contributed by atoms with E-state index >= 15 is 0 Å². The van der Waals surface area contributed by atoms with Crippen LogP contribution in [0.5, 0.6) is 5.75 Å². The minimum Gasteiger partial charge on any atom is -0.484 e. The number of amides is 1. The van der Waals surface area contributed by atoms with Crippen LogP contribution in [0.15, 0.2) is 41.5 Å². The van der Waals surface area contributed by atoms with Crippen LogP contribution in [0.1, 0.15) is 11.3 Å². The molecule has 0 aliphatic heterocycles. The number of nitrogens with one attached hydrogen (secondary N) is 2. The van der Waals surface area contributed by atoms with E-state index in [0.29, 0.717) is 24.8 Å². The number of aliphatic imine (C=N–C) groups is 1. The molecule has 0 unspecified atom stereocenters. The number of aryl methyl sites for hydroxylation is 1. The Bertz CT molecular complexity index is 754. The maximum Gasteiger partial charge on any atom is 0.259 e. The molecule has 0 atom stereocenters. The molecule has 1 aromatic carbocycles. The monoisotopic (exact) mass is 358 g/mol. The summed E-state index contributed by atoms with van der Waals surface area (Å²) in [5.74, 6) is 1.28. The van der Waals surface area contributed by atoms with Crippen LogP contribution in [0.2, 0.25) is 0 Å². The van der Waals surface area contributed by atoms with Crippen molar-refractivity contribution in [3.8, 4) is 5.75 Å². The first kappa shape index (κ1) is 19.3. The van der Waals surface area contributed by atoms with Gasteiger partial charge in [0.2, 0.25) is 0 Å². The molecule has 2 N–H and O–H groups in total. The van der Waals surface area contributed by atoms with Gasteiger partial charge < -0.3 is 20.3 Å². The summed E-state index contributed by atoms with van der Waals surface area (Å²) < 4.78 is 7.35. The molecular weight excluding hydrogens is 332 g/mol. The van der Waals surface area contributed by atoms with Crippen molar-refractivity contribution in [3.05, 3.63) is 47.8 Å². The summed E-state index contributed by atoms with van der Waals surface area (Å²) >= 11 is 0. The van der Waals surface area contributed by atoms with Crippen LogP contribution in [0.25, 0.3) is 0 Å². The normalized spacial score (nSPS) is 11.2. The third-order valence-electron chi connectivity index (χ3n) is 3.80. The molecular formula is C18H26N6O2. The van der Waals surface area contributed by atoms with Crippen LogP contribution < -0.4 is 15.4 Å². The number of nitrogens with zero attached hydrogens (tertiary/aromatic N) is 4. The van der Waals surface area contributed by atoms with Gasteiger partial charge in [-0.05, 0) is 23.8 Å². The number of guanidine groups is 1. The minimum atomic E-state index is -0.0757. The van der Waals surface area contributed by atoms with Crippen LogP contribution in [0, 0.1) is 0 Å². The van der Waals surface area contributed by atoms with Gasteiger partial charge in [-0.3, -0.25) is 14.5 Å². The first-order chi connectivity index (χ1) is 12.5. The van der Waals surface area contributed by atoms with Crippen molar-refractivity contribution in [3.63, 3.8) is 0 Å². The van der Waals surface area contributed by atoms with E-state index in [-0.39, 0.29) is 12.5 Å². The molecule has 0 bridgehead atoms. The summed E-state index contributed by atoms with van der Waals surface area (Å²) in [6, 6.07) is 9.59. The van der Waals surface area contributed by atoms with Crippen molar-refractivity contribution in [1.29, 1.82) is 0 Å². The Morgan fingerprint density at radius 2 is 2.04 bits per heavy atom. The lowest BCUT2D eigenvalue weighted by molar-refractivity contribution is -0.130. The molecule has 0 aliphatic carbocycles. The number of likely N-dealkylation sites (N-methyl/N-ethyl adjacent to an activating group) is 1. The molecule has 0 fully saturated rings. The minimum absolute atomic E-state index is 0.0256. The molecule has 8 heteroatoms. The largest absolute Gasteiger partial charge is 0.484 e. The average Bonchev–Trinajstić information content (AvgIpc) is 3.05. The third-order valence-corrected chi connectivity index (χ3v) is 3.80. The van der Waals surface area contributed by atoms with E-state index in [1.165, 1.54) is 4.90 Å². The molecule has 26 heavy (non-hydrogen) atoms. The van der Waals surface area contributed by atoms with Crippen molar-refractivity contribution < 1.29 is 9.53 Å². The molecule has 0 spiro atoms. The fourth-order valence-corrected chi connectivity index (χ4v) is 2.17. The molecule has 2 rings (SSSR count). The average molecular weight is 358 g/mol. The molecule has 0 aliphatic rings. The summed E-state index contributed by atoms with van der Waals surface area (Å²) in [5, 5.41) is 10.6. The second kappa shape index (κ2) is 9.45. The Morgan fingerprint density at radius 3 is 2.69 bits per heavy atom. The Hall–Kier alpha value is -3.03. The van der Waals surface area contributed by atoms with Gasteiger partial charge >= 0.3 is 0 Å². The van der Waals surface area contributed by atoms with Gasteiger partial charge in [0.15, 0.2) is 12.6 Å². The van der Waals surface area contributed by atoms with Gasteiger partial charge in [-0.2, -0.15) is 5.10 Å². The Labute approximate surface area is 153 Å². The topological polar surface area (TPSA) is 83.8 Å². The van der Waals surface area contributed by atoms with Crippen LogP contribution in [-0.2, 0) is 24.9 Å². The molecule has 0 radical (unpaired) electrons. The Morgan fingerprint density at radius 1 is 1.27 bits per heavy atom. The van der Waals surface area contributed by atoms with Crippen LogP contribution >= 0.6 is 0 Å². The number of aromatic nitrogens is 2. The highest BCUT2D eigenvalue weighted by atomic mass is 16.5. The summed E-state index contributed by atoms with van der Waals surface area (Å²) in [6.45, 7) is 1.24. The van der Waals surface area contributed by atoms with Crippen LogP contribution in [0.3, 0.4) is 0 Å². The predicted octanol–water partition coefficient (Wildman–Crippen LogP) is 0.752. The molecule has 0 saturated heterocycles. The lowest BCUT2D eigenvalue weighted by Crippen LogP contribution is -2.36. The number of hydrogen-bond donors (Lipinski definition) is 2. The first-order valence-electron chi connectivity index (χ1n) is 8.33. The molecule has 0 saturated carbocycles. The van der Waals surface area contributed by atoms with E-state index in [2.05, 4.69) is 20.7 Å². The van der Waals surface area contributed by atoms with Gasteiger partial charge in [0.1, 0.15) is 5.75 Å². The van der Waals surface area contributed by atoms with E-state index in [1.807, 2.05) is 42.1 Å². The summed E-state index contributed by atoms with van der Waals surface area (Å²) in [5.41, 5.74) is 2.09. The maximum absolute atomic E-state index is 11.6. The van der Waals surface area contributed by atoms with Crippen molar-refractivity contribution in [2.45, 2.75) is 13.1 Å². The lowest BCUT2D eigenvalue weighted by atomic mass is 10.2. The van der Waals surface area contributed by atoms with Gasteiger partial charge in [0, 0.05) is 40.9 Å². The van der Waals surface area contributed by atoms with E-state index in [4.69, 9.17) is 4.74 Å². The standard InChI is InChI=1S/C18H26N6O2/c1-19-18(21-12-15-8-9-22-24(15)4)20-11-14-6-5-7-16(10-14)26-13-17(25)23(2)3/h5-10H,11-13H2,1-4H3,(H2,19,20,21). The number of rotatable bonds is 7. The molecule has 1 amide bonds. The number of ether oxygens (including phenoxy) is 1. The second-order valence-corrected chi connectivity index (χ2v) is 5.95. The summed E-state index contributed by atoms with van der Waals surface area (Å²) in [6.07, 6.45) is 1.76. The van der Waals surface area contributed by atoms with Crippen molar-refractivity contribution in [1.82, 2.24) is 25.3 Å². The highest BCUT2D eigenvalue weighted by Crippen LogP contribution is 2.13. The lowest BCUT2D eigenvalue weighted by Gasteiger charge is -2.14. The zero-order valence-electron chi connectivity index (χ0n) is 15.7. The van der Waals surface area contributed by atoms with E-state index in [9.17, 15) is 4.79 Å². The fourth-order valence-electron chi connectivity index (χ4n) is 2.17. The first-order valence-corrected chi connectivity index (χ1v) is 8.33. The van der Waals surface area contributed by atoms with Crippen molar-refractivity contribution in [2.24, 2.45) is 12.0 Å². The second-order valence-electron chi connectivity index (χ2n) is 5.95. The third kappa shape index (κ3) is 5.80. The smallest absolute Gasteiger partial charge is 0.259 e. The predicted molar refractivity (Wildman–Crippen MR) is 101 cm³/mol. The molecule has 1 heterocycles. The molecule has 2 aromatic rings. The zero-order valence-corrected chi connectivity index (χ0v) is 15.7. The number of carbonyl (C=O) groups is 1. The van der Waals surface area contributed by atoms with E-state index < -0.39 is 0 Å². The zero-order chi connectivity index (χ0) is 18.9. The fraction of sp³-hybridized carbons (Fsp3) is 0.389. The quantitative estimate of drug-likeness (QED) is 0.564. The Kier molecular flexibility index (Phi) is 7.02. The van der Waals surface area contributed by atoms with Crippen LogP contribution in [-0.4, -0.2) is 54.3 Å².